The van der Waals surface area contributed by atoms with Crippen LogP contribution in [-0.4, -0.2) is 33.9 Å². The number of benzene rings is 2. The molecule has 31 heavy (non-hydrogen) atoms. The fraction of sp³-hybridized carbons (Fsp3) is 0.143. The molecule has 1 aromatic heterocycles. The van der Waals surface area contributed by atoms with Crippen molar-refractivity contribution in [2.75, 3.05) is 6.26 Å². The Morgan fingerprint density at radius 3 is 2.16 bits per heavy atom. The summed E-state index contributed by atoms with van der Waals surface area (Å²) in [6.45, 7) is 1.68. The molecule has 162 valence electrons. The normalized spacial score (nSPS) is 13.0. The van der Waals surface area contributed by atoms with Crippen molar-refractivity contribution in [3.63, 3.8) is 0 Å². The van der Waals surface area contributed by atoms with Gasteiger partial charge >= 0.3 is 0 Å². The molecule has 0 bridgehead atoms. The quantitative estimate of drug-likeness (QED) is 0.521. The molecule has 0 amide bonds. The van der Waals surface area contributed by atoms with Gasteiger partial charge in [0.2, 0.25) is 19.9 Å². The Labute approximate surface area is 186 Å². The molecule has 10 heteroatoms. The van der Waals surface area contributed by atoms with Crippen molar-refractivity contribution in [2.24, 2.45) is 0 Å². The summed E-state index contributed by atoms with van der Waals surface area (Å²) >= 11 is 5.84. The van der Waals surface area contributed by atoms with Crippen LogP contribution in [-0.2, 0) is 19.9 Å². The Morgan fingerprint density at radius 2 is 1.58 bits per heavy atom. The maximum atomic E-state index is 13.1. The average molecular weight is 479 g/mol. The maximum absolute atomic E-state index is 13.1. The van der Waals surface area contributed by atoms with Crippen molar-refractivity contribution in [2.45, 2.75) is 22.9 Å². The molecular formula is C21H19ClN2O5S2. The first-order valence-electron chi connectivity index (χ1n) is 9.06. The van der Waals surface area contributed by atoms with Gasteiger partial charge in [0.25, 0.3) is 0 Å². The fourth-order valence-electron chi connectivity index (χ4n) is 2.97. The standard InChI is InChI=1S/C21H19ClN2O5S2/c1-14(24-30(2,26)27)15-5-7-16(8-6-15)20(25)19-4-3-13-23-21(19)31(28,29)18-11-9-17(22)10-12-18/h3-14,24H,1-2H3. The summed E-state index contributed by atoms with van der Waals surface area (Å²) in [5.41, 5.74) is 0.838. The Hall–Kier alpha value is -2.59. The third kappa shape index (κ3) is 5.37. The Morgan fingerprint density at radius 1 is 0.968 bits per heavy atom. The number of ketones is 1. The molecule has 3 aromatic rings. The lowest BCUT2D eigenvalue weighted by atomic mass is 10.0. The van der Waals surface area contributed by atoms with Crippen LogP contribution >= 0.6 is 11.6 Å². The van der Waals surface area contributed by atoms with Gasteiger partial charge < -0.3 is 0 Å². The van der Waals surface area contributed by atoms with Gasteiger partial charge in [-0.05, 0) is 48.9 Å². The number of sulfone groups is 1. The number of nitrogens with one attached hydrogen (secondary N) is 1. The molecule has 0 fully saturated rings. The first-order chi connectivity index (χ1) is 14.5. The summed E-state index contributed by atoms with van der Waals surface area (Å²) in [5.74, 6) is -0.518. The molecule has 0 aliphatic heterocycles. The van der Waals surface area contributed by atoms with Gasteiger partial charge in [-0.15, -0.1) is 0 Å². The van der Waals surface area contributed by atoms with E-state index in [-0.39, 0.29) is 21.0 Å². The third-order valence-electron chi connectivity index (χ3n) is 4.46. The molecule has 0 spiro atoms. The number of pyridine rings is 1. The van der Waals surface area contributed by atoms with Gasteiger partial charge in [0.1, 0.15) is 0 Å². The predicted molar refractivity (Wildman–Crippen MR) is 117 cm³/mol. The van der Waals surface area contributed by atoms with Crippen molar-refractivity contribution in [3.8, 4) is 0 Å². The molecule has 2 aromatic carbocycles. The summed E-state index contributed by atoms with van der Waals surface area (Å²) < 4.78 is 51.4. The number of carbonyl (C=O) groups is 1. The summed E-state index contributed by atoms with van der Waals surface area (Å²) in [4.78, 5) is 17.0. The summed E-state index contributed by atoms with van der Waals surface area (Å²) in [6.07, 6.45) is 2.37. The summed E-state index contributed by atoms with van der Waals surface area (Å²) in [5, 5.41) is 0.0365. The number of nitrogens with zero attached hydrogens (tertiary/aromatic N) is 1. The van der Waals surface area contributed by atoms with Crippen molar-refractivity contribution >= 4 is 37.2 Å². The highest BCUT2D eigenvalue weighted by Crippen LogP contribution is 2.25. The van der Waals surface area contributed by atoms with Crippen LogP contribution in [0.3, 0.4) is 0 Å². The molecule has 0 aliphatic carbocycles. The molecule has 1 N–H and O–H groups in total. The first kappa shape index (κ1) is 23.1. The highest BCUT2D eigenvalue weighted by molar-refractivity contribution is 7.91. The van der Waals surface area contributed by atoms with Gasteiger partial charge in [-0.2, -0.15) is 0 Å². The summed E-state index contributed by atoms with van der Waals surface area (Å²) in [6, 6.07) is 14.3. The minimum absolute atomic E-state index is 0.0272. The second-order valence-corrected chi connectivity index (χ2v) is 11.0. The van der Waals surface area contributed by atoms with E-state index in [1.165, 1.54) is 54.7 Å². The number of carbonyl (C=O) groups excluding carboxylic acids is 1. The summed E-state index contributed by atoms with van der Waals surface area (Å²) in [7, 11) is -7.44. The number of aromatic nitrogens is 1. The molecule has 0 aliphatic rings. The van der Waals surface area contributed by atoms with Crippen molar-refractivity contribution in [3.05, 3.63) is 88.6 Å². The van der Waals surface area contributed by atoms with Crippen LogP contribution in [0.2, 0.25) is 5.02 Å². The van der Waals surface area contributed by atoms with Crippen LogP contribution in [0.4, 0.5) is 0 Å². The van der Waals surface area contributed by atoms with Crippen molar-refractivity contribution in [1.82, 2.24) is 9.71 Å². The molecule has 0 radical (unpaired) electrons. The zero-order chi connectivity index (χ0) is 22.8. The zero-order valence-corrected chi connectivity index (χ0v) is 19.0. The molecular weight excluding hydrogens is 460 g/mol. The molecule has 1 heterocycles. The fourth-order valence-corrected chi connectivity index (χ4v) is 5.24. The van der Waals surface area contributed by atoms with Crippen LogP contribution < -0.4 is 4.72 Å². The number of rotatable bonds is 7. The van der Waals surface area contributed by atoms with E-state index in [0.717, 1.165) is 6.26 Å². The smallest absolute Gasteiger partial charge is 0.224 e. The molecule has 3 rings (SSSR count). The average Bonchev–Trinajstić information content (AvgIpc) is 2.72. The second kappa shape index (κ2) is 8.88. The monoisotopic (exact) mass is 478 g/mol. The van der Waals surface area contributed by atoms with E-state index < -0.39 is 31.7 Å². The van der Waals surface area contributed by atoms with Crippen LogP contribution in [0.25, 0.3) is 0 Å². The van der Waals surface area contributed by atoms with Crippen LogP contribution in [0, 0.1) is 0 Å². The highest BCUT2D eigenvalue weighted by atomic mass is 35.5. The Balaban J connectivity index is 1.96. The minimum atomic E-state index is -4.05. The van der Waals surface area contributed by atoms with E-state index >= 15 is 0 Å². The lowest BCUT2D eigenvalue weighted by Gasteiger charge is -2.13. The van der Waals surface area contributed by atoms with E-state index in [2.05, 4.69) is 9.71 Å². The lowest BCUT2D eigenvalue weighted by molar-refractivity contribution is 0.103. The lowest BCUT2D eigenvalue weighted by Crippen LogP contribution is -2.25. The van der Waals surface area contributed by atoms with E-state index in [4.69, 9.17) is 11.6 Å². The van der Waals surface area contributed by atoms with E-state index in [0.29, 0.717) is 10.6 Å². The molecule has 1 atom stereocenters. The topological polar surface area (TPSA) is 110 Å². The number of halogens is 1. The van der Waals surface area contributed by atoms with Gasteiger partial charge in [0, 0.05) is 22.8 Å². The molecule has 0 saturated carbocycles. The van der Waals surface area contributed by atoms with Crippen LogP contribution in [0.15, 0.2) is 76.8 Å². The van der Waals surface area contributed by atoms with Gasteiger partial charge in [-0.3, -0.25) is 4.79 Å². The van der Waals surface area contributed by atoms with Gasteiger partial charge in [0.05, 0.1) is 16.7 Å². The SMILES string of the molecule is CC(NS(C)(=O)=O)c1ccc(C(=O)c2cccnc2S(=O)(=O)c2ccc(Cl)cc2)cc1. The minimum Gasteiger partial charge on any atom is -0.289 e. The number of sulfonamides is 1. The number of hydrogen-bond donors (Lipinski definition) is 1. The Bertz CT molecular complexity index is 1320. The molecule has 1 unspecified atom stereocenters. The molecule has 7 nitrogen and oxygen atoms in total. The van der Waals surface area contributed by atoms with E-state index in [9.17, 15) is 21.6 Å². The Kier molecular flexibility index (Phi) is 6.61. The maximum Gasteiger partial charge on any atom is 0.224 e. The van der Waals surface area contributed by atoms with Crippen LogP contribution in [0.5, 0.6) is 0 Å². The van der Waals surface area contributed by atoms with Crippen molar-refractivity contribution < 1.29 is 21.6 Å². The molecule has 0 saturated heterocycles. The van der Waals surface area contributed by atoms with Crippen LogP contribution in [0.1, 0.15) is 34.5 Å². The zero-order valence-electron chi connectivity index (χ0n) is 16.6. The third-order valence-corrected chi connectivity index (χ3v) is 7.22. The first-order valence-corrected chi connectivity index (χ1v) is 12.8. The van der Waals surface area contributed by atoms with Gasteiger partial charge in [0.15, 0.2) is 10.8 Å². The van der Waals surface area contributed by atoms with E-state index in [1.54, 1.807) is 19.1 Å². The largest absolute Gasteiger partial charge is 0.289 e. The second-order valence-electron chi connectivity index (χ2n) is 6.88. The van der Waals surface area contributed by atoms with E-state index in [1.807, 2.05) is 0 Å². The van der Waals surface area contributed by atoms with Gasteiger partial charge in [-0.1, -0.05) is 35.9 Å². The van der Waals surface area contributed by atoms with Gasteiger partial charge in [-0.25, -0.2) is 26.5 Å². The number of hydrogen-bond acceptors (Lipinski definition) is 6. The predicted octanol–water partition coefficient (Wildman–Crippen LogP) is 3.41. The highest BCUT2D eigenvalue weighted by Gasteiger charge is 2.26. The van der Waals surface area contributed by atoms with Crippen molar-refractivity contribution in [1.29, 1.82) is 0 Å².